The van der Waals surface area contributed by atoms with Crippen molar-refractivity contribution in [1.29, 1.82) is 0 Å². The van der Waals surface area contributed by atoms with Crippen LogP contribution in [0.4, 0.5) is 4.39 Å². The normalized spacial score (nSPS) is 18.9. The first kappa shape index (κ1) is 24.3. The van der Waals surface area contributed by atoms with E-state index in [2.05, 4.69) is 66.1 Å². The van der Waals surface area contributed by atoms with Crippen molar-refractivity contribution in [1.82, 2.24) is 14.8 Å². The Morgan fingerprint density at radius 3 is 2.36 bits per heavy atom. The predicted octanol–water partition coefficient (Wildman–Crippen LogP) is 4.94. The standard InChI is InChI=1S/C30H33FN4O/c1-22-11-12-25(17-23(22)2)28-19-29(26-9-6-10-27(31)18-26)35(32-28)30(36)21-34-15-13-33(14-16-34)20-24-7-4-3-5-8-24/h3-12,17-18,29H,13-16,19-21H2,1-2H3/t29-/m1/s1. The van der Waals surface area contributed by atoms with Gasteiger partial charge in [-0.2, -0.15) is 5.10 Å². The number of hydrazone groups is 1. The van der Waals surface area contributed by atoms with E-state index in [1.54, 1.807) is 11.1 Å². The number of hydrogen-bond donors (Lipinski definition) is 0. The Morgan fingerprint density at radius 1 is 0.889 bits per heavy atom. The third kappa shape index (κ3) is 5.55. The van der Waals surface area contributed by atoms with Crippen LogP contribution in [0.1, 0.15) is 40.3 Å². The molecule has 1 atom stereocenters. The molecule has 0 unspecified atom stereocenters. The minimum Gasteiger partial charge on any atom is -0.297 e. The number of rotatable bonds is 6. The number of halogens is 1. The largest absolute Gasteiger partial charge is 0.297 e. The van der Waals surface area contributed by atoms with E-state index in [1.165, 1.54) is 28.8 Å². The van der Waals surface area contributed by atoms with Crippen LogP contribution >= 0.6 is 0 Å². The molecule has 0 N–H and O–H groups in total. The topological polar surface area (TPSA) is 39.2 Å². The maximum Gasteiger partial charge on any atom is 0.257 e. The molecule has 2 heterocycles. The second-order valence-electron chi connectivity index (χ2n) is 9.90. The molecule has 5 nitrogen and oxygen atoms in total. The second kappa shape index (κ2) is 10.7. The van der Waals surface area contributed by atoms with E-state index in [-0.39, 0.29) is 17.8 Å². The van der Waals surface area contributed by atoms with Crippen molar-refractivity contribution in [2.45, 2.75) is 32.9 Å². The molecule has 0 bridgehead atoms. The molecule has 1 saturated heterocycles. The monoisotopic (exact) mass is 484 g/mol. The minimum atomic E-state index is -0.302. The third-order valence-corrected chi connectivity index (χ3v) is 7.31. The molecule has 6 heteroatoms. The Hall–Kier alpha value is -3.35. The van der Waals surface area contributed by atoms with Crippen molar-refractivity contribution >= 4 is 11.6 Å². The summed E-state index contributed by atoms with van der Waals surface area (Å²) in [4.78, 5) is 18.2. The van der Waals surface area contributed by atoms with Gasteiger partial charge in [-0.05, 0) is 59.9 Å². The van der Waals surface area contributed by atoms with Crippen LogP contribution in [-0.4, -0.2) is 59.2 Å². The first-order chi connectivity index (χ1) is 17.5. The smallest absolute Gasteiger partial charge is 0.257 e. The van der Waals surface area contributed by atoms with Gasteiger partial charge in [-0.1, -0.05) is 54.6 Å². The van der Waals surface area contributed by atoms with Crippen LogP contribution in [0.15, 0.2) is 77.9 Å². The number of amides is 1. The number of piperazine rings is 1. The molecule has 2 aliphatic heterocycles. The SMILES string of the molecule is Cc1ccc(C2=NN(C(=O)CN3CCN(Cc4ccccc4)CC3)[C@@H](c3cccc(F)c3)C2)cc1C. The van der Waals surface area contributed by atoms with Crippen LogP contribution in [0.3, 0.4) is 0 Å². The molecule has 36 heavy (non-hydrogen) atoms. The maximum atomic E-state index is 14.1. The molecule has 0 saturated carbocycles. The highest BCUT2D eigenvalue weighted by molar-refractivity contribution is 6.03. The van der Waals surface area contributed by atoms with Gasteiger partial charge in [0.1, 0.15) is 5.82 Å². The lowest BCUT2D eigenvalue weighted by Crippen LogP contribution is -2.49. The number of hydrogen-bond acceptors (Lipinski definition) is 4. The summed E-state index contributed by atoms with van der Waals surface area (Å²) in [6.45, 7) is 8.93. The highest BCUT2D eigenvalue weighted by Crippen LogP contribution is 2.33. The number of nitrogens with zero attached hydrogens (tertiary/aromatic N) is 4. The van der Waals surface area contributed by atoms with Gasteiger partial charge in [0.2, 0.25) is 0 Å². The summed E-state index contributed by atoms with van der Waals surface area (Å²) >= 11 is 0. The fraction of sp³-hybridized carbons (Fsp3) is 0.333. The van der Waals surface area contributed by atoms with Gasteiger partial charge in [0.25, 0.3) is 5.91 Å². The zero-order chi connectivity index (χ0) is 25.1. The molecule has 3 aromatic carbocycles. The molecule has 0 aliphatic carbocycles. The van der Waals surface area contributed by atoms with Crippen LogP contribution in [0.5, 0.6) is 0 Å². The molecular weight excluding hydrogens is 451 g/mol. The highest BCUT2D eigenvalue weighted by Gasteiger charge is 2.34. The van der Waals surface area contributed by atoms with E-state index in [9.17, 15) is 9.18 Å². The lowest BCUT2D eigenvalue weighted by Gasteiger charge is -2.35. The molecule has 1 fully saturated rings. The van der Waals surface area contributed by atoms with Gasteiger partial charge in [0, 0.05) is 39.1 Å². The second-order valence-corrected chi connectivity index (χ2v) is 9.90. The summed E-state index contributed by atoms with van der Waals surface area (Å²) in [7, 11) is 0. The van der Waals surface area contributed by atoms with Crippen LogP contribution < -0.4 is 0 Å². The average Bonchev–Trinajstić information content (AvgIpc) is 3.33. The Balaban J connectivity index is 1.29. The van der Waals surface area contributed by atoms with Crippen LogP contribution in [0.2, 0.25) is 0 Å². The summed E-state index contributed by atoms with van der Waals surface area (Å²) in [6, 6.07) is 23.0. The number of carbonyl (C=O) groups is 1. The molecule has 3 aromatic rings. The summed E-state index contributed by atoms with van der Waals surface area (Å²) in [5.41, 5.74) is 6.38. The predicted molar refractivity (Wildman–Crippen MR) is 141 cm³/mol. The Bertz CT molecular complexity index is 1250. The first-order valence-corrected chi connectivity index (χ1v) is 12.7. The molecule has 0 spiro atoms. The van der Waals surface area contributed by atoms with Crippen molar-refractivity contribution in [2.75, 3.05) is 32.7 Å². The van der Waals surface area contributed by atoms with Gasteiger partial charge in [-0.15, -0.1) is 0 Å². The van der Waals surface area contributed by atoms with E-state index in [0.29, 0.717) is 13.0 Å². The summed E-state index contributed by atoms with van der Waals surface area (Å²) in [5, 5.41) is 6.39. The molecule has 1 amide bonds. The van der Waals surface area contributed by atoms with Gasteiger partial charge >= 0.3 is 0 Å². The van der Waals surface area contributed by atoms with Crippen molar-refractivity contribution < 1.29 is 9.18 Å². The van der Waals surface area contributed by atoms with Gasteiger partial charge in [-0.25, -0.2) is 9.40 Å². The Kier molecular flexibility index (Phi) is 7.25. The number of benzene rings is 3. The van der Waals surface area contributed by atoms with Crippen LogP contribution in [0, 0.1) is 19.7 Å². The van der Waals surface area contributed by atoms with E-state index in [1.807, 2.05) is 12.1 Å². The molecule has 0 aromatic heterocycles. The zero-order valence-electron chi connectivity index (χ0n) is 21.0. The van der Waals surface area contributed by atoms with Crippen LogP contribution in [0.25, 0.3) is 0 Å². The highest BCUT2D eigenvalue weighted by atomic mass is 19.1. The summed E-state index contributed by atoms with van der Waals surface area (Å²) in [5.74, 6) is -0.339. The van der Waals surface area contributed by atoms with E-state index in [4.69, 9.17) is 5.10 Å². The van der Waals surface area contributed by atoms with E-state index < -0.39 is 0 Å². The summed E-state index contributed by atoms with van der Waals surface area (Å²) < 4.78 is 14.1. The first-order valence-electron chi connectivity index (χ1n) is 12.7. The fourth-order valence-corrected chi connectivity index (χ4v) is 5.02. The van der Waals surface area contributed by atoms with Gasteiger partial charge in [-0.3, -0.25) is 14.6 Å². The molecule has 0 radical (unpaired) electrons. The van der Waals surface area contributed by atoms with Crippen LogP contribution in [-0.2, 0) is 11.3 Å². The zero-order valence-corrected chi connectivity index (χ0v) is 21.0. The minimum absolute atomic E-state index is 0.0420. The van der Waals surface area contributed by atoms with Crippen molar-refractivity contribution in [2.24, 2.45) is 5.10 Å². The molecule has 2 aliphatic rings. The molecular formula is C30H33FN4O. The van der Waals surface area contributed by atoms with Crippen molar-refractivity contribution in [3.63, 3.8) is 0 Å². The third-order valence-electron chi connectivity index (χ3n) is 7.31. The van der Waals surface area contributed by atoms with Crippen molar-refractivity contribution in [3.8, 4) is 0 Å². The quantitative estimate of drug-likeness (QED) is 0.498. The average molecular weight is 485 g/mol. The van der Waals surface area contributed by atoms with Crippen molar-refractivity contribution in [3.05, 3.63) is 106 Å². The number of aryl methyl sites for hydroxylation is 2. The fourth-order valence-electron chi connectivity index (χ4n) is 5.02. The van der Waals surface area contributed by atoms with Gasteiger partial charge in [0.05, 0.1) is 18.3 Å². The van der Waals surface area contributed by atoms with Gasteiger partial charge < -0.3 is 0 Å². The Labute approximate surface area is 212 Å². The lowest BCUT2D eigenvalue weighted by atomic mass is 9.96. The lowest BCUT2D eigenvalue weighted by molar-refractivity contribution is -0.134. The van der Waals surface area contributed by atoms with E-state index in [0.717, 1.165) is 49.6 Å². The van der Waals surface area contributed by atoms with Gasteiger partial charge in [0.15, 0.2) is 0 Å². The Morgan fingerprint density at radius 2 is 1.64 bits per heavy atom. The molecule has 5 rings (SSSR count). The number of carbonyl (C=O) groups excluding carboxylic acids is 1. The van der Waals surface area contributed by atoms with E-state index >= 15 is 0 Å². The maximum absolute atomic E-state index is 14.1. The molecule has 186 valence electrons. The summed E-state index contributed by atoms with van der Waals surface area (Å²) in [6.07, 6.45) is 0.572.